The molecule has 11 heteroatoms. The monoisotopic (exact) mass is 591 g/mol. The van der Waals surface area contributed by atoms with E-state index in [4.69, 9.17) is 24.7 Å². The van der Waals surface area contributed by atoms with Gasteiger partial charge in [-0.3, -0.25) is 14.6 Å². The van der Waals surface area contributed by atoms with E-state index in [9.17, 15) is 18.4 Å². The lowest BCUT2D eigenvalue weighted by Gasteiger charge is -2.17. The Hall–Kier alpha value is -4.77. The lowest BCUT2D eigenvalue weighted by molar-refractivity contribution is -0.150. The number of pyridine rings is 1. The molecule has 3 aromatic carbocycles. The maximum Gasteiger partial charge on any atom is 0.323 e. The molecule has 4 aromatic rings. The van der Waals surface area contributed by atoms with Crippen molar-refractivity contribution in [3.8, 4) is 23.0 Å². The molecule has 1 aliphatic rings. The molecular formula is C32H31F2N3O6. The molecule has 1 amide bonds. The minimum absolute atomic E-state index is 0.0416. The topological polar surface area (TPSA) is 122 Å². The number of hydrogen-bond donors (Lipinski definition) is 2. The molecule has 1 atom stereocenters. The third-order valence-corrected chi connectivity index (χ3v) is 7.08. The molecule has 0 radical (unpaired) electrons. The van der Waals surface area contributed by atoms with Crippen molar-refractivity contribution in [1.82, 2.24) is 4.98 Å². The minimum atomic E-state index is -0.950. The average molecular weight is 592 g/mol. The molecule has 0 unspecified atom stereocenters. The number of nitrogens with zero attached hydrogens (tertiary/aromatic N) is 1. The van der Waals surface area contributed by atoms with Crippen LogP contribution in [0.2, 0.25) is 0 Å². The van der Waals surface area contributed by atoms with Gasteiger partial charge in [0.25, 0.3) is 5.91 Å². The third-order valence-electron chi connectivity index (χ3n) is 7.08. The predicted octanol–water partition coefficient (Wildman–Crippen LogP) is 6.15. The van der Waals surface area contributed by atoms with Crippen LogP contribution in [-0.2, 0) is 9.53 Å². The molecule has 3 N–H and O–H groups in total. The molecule has 0 bridgehead atoms. The number of fused-ring (bicyclic) bond motifs is 1. The first-order valence-electron chi connectivity index (χ1n) is 13.9. The van der Waals surface area contributed by atoms with Gasteiger partial charge in [0.1, 0.15) is 35.3 Å². The van der Waals surface area contributed by atoms with Crippen LogP contribution in [0, 0.1) is 11.6 Å². The summed E-state index contributed by atoms with van der Waals surface area (Å²) >= 11 is 0. The SMILES string of the molecule is COc1cc2c(Oc3ccc(NC(=O)c4ccc(F)cc4F)cc3)ccnc2cc1OCC[C@H](N)C(=O)OC1CCCC1. The van der Waals surface area contributed by atoms with Crippen LogP contribution in [0.4, 0.5) is 14.5 Å². The molecule has 1 saturated carbocycles. The number of hydrogen-bond acceptors (Lipinski definition) is 8. The number of aromatic nitrogens is 1. The van der Waals surface area contributed by atoms with Gasteiger partial charge in [-0.05, 0) is 74.2 Å². The standard InChI is InChI=1S/C32H31F2N3O6/c1-40-29-17-24-27(18-30(29)41-15-13-26(35)32(39)43-21-4-2-3-5-21)36-14-12-28(24)42-22-9-7-20(8-10-22)37-31(38)23-11-6-19(33)16-25(23)34/h6-12,14,16-18,21,26H,2-5,13,15,35H2,1H3,(H,37,38)/t26-/m0/s1. The molecule has 1 heterocycles. The van der Waals surface area contributed by atoms with Crippen molar-refractivity contribution >= 4 is 28.5 Å². The number of anilines is 1. The van der Waals surface area contributed by atoms with Gasteiger partial charge in [-0.2, -0.15) is 0 Å². The number of halogens is 2. The molecule has 1 aromatic heterocycles. The second kappa shape index (κ2) is 13.5. The van der Waals surface area contributed by atoms with Gasteiger partial charge in [0.05, 0.1) is 24.8 Å². The highest BCUT2D eigenvalue weighted by molar-refractivity contribution is 6.04. The van der Waals surface area contributed by atoms with Gasteiger partial charge < -0.3 is 30.0 Å². The number of benzene rings is 3. The lowest BCUT2D eigenvalue weighted by Crippen LogP contribution is -2.35. The summed E-state index contributed by atoms with van der Waals surface area (Å²) in [7, 11) is 1.51. The molecule has 1 aliphatic carbocycles. The number of amides is 1. The average Bonchev–Trinajstić information content (AvgIpc) is 3.51. The number of carbonyl (C=O) groups excluding carboxylic acids is 2. The molecule has 5 rings (SSSR count). The smallest absolute Gasteiger partial charge is 0.323 e. The van der Waals surface area contributed by atoms with E-state index in [0.717, 1.165) is 37.8 Å². The summed E-state index contributed by atoms with van der Waals surface area (Å²) in [6.45, 7) is 0.176. The summed E-state index contributed by atoms with van der Waals surface area (Å²) in [5.41, 5.74) is 6.74. The van der Waals surface area contributed by atoms with Crippen LogP contribution in [0.5, 0.6) is 23.0 Å². The number of nitrogens with one attached hydrogen (secondary N) is 1. The molecule has 9 nitrogen and oxygen atoms in total. The zero-order valence-electron chi connectivity index (χ0n) is 23.5. The number of esters is 1. The second-order valence-corrected chi connectivity index (χ2v) is 10.1. The highest BCUT2D eigenvalue weighted by Crippen LogP contribution is 2.37. The molecule has 0 spiro atoms. The summed E-state index contributed by atoms with van der Waals surface area (Å²) < 4.78 is 50.1. The van der Waals surface area contributed by atoms with E-state index in [1.165, 1.54) is 7.11 Å². The van der Waals surface area contributed by atoms with E-state index in [1.54, 1.807) is 48.7 Å². The number of carbonyl (C=O) groups is 2. The quantitative estimate of drug-likeness (QED) is 0.199. The van der Waals surface area contributed by atoms with E-state index in [1.807, 2.05) is 0 Å². The molecular weight excluding hydrogens is 560 g/mol. The Morgan fingerprint density at radius 1 is 1.00 bits per heavy atom. The van der Waals surface area contributed by atoms with Gasteiger partial charge in [-0.15, -0.1) is 0 Å². The van der Waals surface area contributed by atoms with Gasteiger partial charge in [0, 0.05) is 35.8 Å². The summed E-state index contributed by atoms with van der Waals surface area (Å²) in [6.07, 6.45) is 5.72. The van der Waals surface area contributed by atoms with Crippen LogP contribution in [0.15, 0.2) is 66.9 Å². The Labute approximate surface area is 246 Å². The Bertz CT molecular complexity index is 1610. The lowest BCUT2D eigenvalue weighted by atomic mass is 10.1. The fourth-order valence-electron chi connectivity index (χ4n) is 4.77. The van der Waals surface area contributed by atoms with Crippen molar-refractivity contribution in [2.24, 2.45) is 5.73 Å². The van der Waals surface area contributed by atoms with Crippen LogP contribution in [0.25, 0.3) is 10.9 Å². The predicted molar refractivity (Wildman–Crippen MR) is 156 cm³/mol. The molecule has 0 aliphatic heterocycles. The minimum Gasteiger partial charge on any atom is -0.493 e. The maximum atomic E-state index is 13.9. The molecule has 43 heavy (non-hydrogen) atoms. The Morgan fingerprint density at radius 3 is 2.49 bits per heavy atom. The third kappa shape index (κ3) is 7.36. The van der Waals surface area contributed by atoms with Gasteiger partial charge in [-0.25, -0.2) is 8.78 Å². The van der Waals surface area contributed by atoms with E-state index in [-0.39, 0.29) is 24.7 Å². The van der Waals surface area contributed by atoms with Gasteiger partial charge in [-0.1, -0.05) is 0 Å². The molecule has 224 valence electrons. The molecule has 1 fully saturated rings. The van der Waals surface area contributed by atoms with Crippen molar-refractivity contribution in [2.75, 3.05) is 19.0 Å². The zero-order valence-corrected chi connectivity index (χ0v) is 23.5. The fraction of sp³-hybridized carbons (Fsp3) is 0.281. The number of methoxy groups -OCH3 is 1. The molecule has 0 saturated heterocycles. The first-order chi connectivity index (χ1) is 20.8. The van der Waals surface area contributed by atoms with Crippen LogP contribution in [-0.4, -0.2) is 42.7 Å². The van der Waals surface area contributed by atoms with Crippen molar-refractivity contribution in [2.45, 2.75) is 44.2 Å². The van der Waals surface area contributed by atoms with E-state index in [0.29, 0.717) is 45.7 Å². The van der Waals surface area contributed by atoms with E-state index < -0.39 is 29.6 Å². The summed E-state index contributed by atoms with van der Waals surface area (Å²) in [4.78, 5) is 29.1. The van der Waals surface area contributed by atoms with Crippen LogP contribution >= 0.6 is 0 Å². The first-order valence-corrected chi connectivity index (χ1v) is 13.9. The normalized spacial score (nSPS) is 13.9. The van der Waals surface area contributed by atoms with Crippen molar-refractivity contribution in [3.05, 3.63) is 84.1 Å². The summed E-state index contributed by atoms with van der Waals surface area (Å²) in [5, 5.41) is 3.24. The van der Waals surface area contributed by atoms with E-state index in [2.05, 4.69) is 10.3 Å². The highest BCUT2D eigenvalue weighted by atomic mass is 19.1. The maximum absolute atomic E-state index is 13.9. The zero-order chi connectivity index (χ0) is 30.3. The Kier molecular flexibility index (Phi) is 9.31. The summed E-state index contributed by atoms with van der Waals surface area (Å²) in [6, 6.07) is 13.6. The fourth-order valence-corrected chi connectivity index (χ4v) is 4.77. The highest BCUT2D eigenvalue weighted by Gasteiger charge is 2.23. The van der Waals surface area contributed by atoms with Crippen molar-refractivity contribution in [3.63, 3.8) is 0 Å². The van der Waals surface area contributed by atoms with Crippen LogP contribution in [0.1, 0.15) is 42.5 Å². The second-order valence-electron chi connectivity index (χ2n) is 10.1. The van der Waals surface area contributed by atoms with Crippen molar-refractivity contribution < 1.29 is 37.3 Å². The largest absolute Gasteiger partial charge is 0.493 e. The van der Waals surface area contributed by atoms with Gasteiger partial charge in [0.2, 0.25) is 0 Å². The Morgan fingerprint density at radius 2 is 1.77 bits per heavy atom. The number of rotatable bonds is 11. The number of ether oxygens (including phenoxy) is 4. The van der Waals surface area contributed by atoms with Gasteiger partial charge in [0.15, 0.2) is 11.5 Å². The number of nitrogens with two attached hydrogens (primary N) is 1. The first kappa shape index (κ1) is 29.7. The van der Waals surface area contributed by atoms with Gasteiger partial charge >= 0.3 is 5.97 Å². The van der Waals surface area contributed by atoms with Crippen LogP contribution in [0.3, 0.4) is 0 Å². The van der Waals surface area contributed by atoms with Crippen molar-refractivity contribution in [1.29, 1.82) is 0 Å². The van der Waals surface area contributed by atoms with E-state index >= 15 is 0 Å². The van der Waals surface area contributed by atoms with Crippen LogP contribution < -0.4 is 25.3 Å². The summed E-state index contributed by atoms with van der Waals surface area (Å²) in [5.74, 6) is -0.989. The Balaban J connectivity index is 1.22.